The molecule has 1 heterocycles. The number of benzene rings is 3. The van der Waals surface area contributed by atoms with Crippen molar-refractivity contribution in [2.24, 2.45) is 0 Å². The molecule has 0 radical (unpaired) electrons. The van der Waals surface area contributed by atoms with Gasteiger partial charge in [0, 0.05) is 16.5 Å². The third-order valence-corrected chi connectivity index (χ3v) is 6.59. The van der Waals surface area contributed by atoms with Gasteiger partial charge in [-0.15, -0.1) is 11.3 Å². The number of hydrogen-bond acceptors (Lipinski definition) is 7. The maximum absolute atomic E-state index is 12.7. The number of hydrogen-bond donors (Lipinski definition) is 2. The van der Waals surface area contributed by atoms with Crippen molar-refractivity contribution in [2.75, 3.05) is 31.0 Å². The molecule has 0 saturated heterocycles. The van der Waals surface area contributed by atoms with Gasteiger partial charge in [0.1, 0.15) is 22.1 Å². The summed E-state index contributed by atoms with van der Waals surface area (Å²) in [6.45, 7) is 3.58. The minimum Gasteiger partial charge on any atom is -0.495 e. The lowest BCUT2D eigenvalue weighted by atomic mass is 10.0. The highest BCUT2D eigenvalue weighted by molar-refractivity contribution is 7.15. The molecule has 0 fully saturated rings. The largest absolute Gasteiger partial charge is 0.495 e. The molecule has 0 atom stereocenters. The fourth-order valence-corrected chi connectivity index (χ4v) is 4.79. The van der Waals surface area contributed by atoms with Gasteiger partial charge < -0.3 is 24.8 Å². The number of amides is 2. The Hall–Kier alpha value is -4.63. The summed E-state index contributed by atoms with van der Waals surface area (Å²) in [6.07, 6.45) is 0. The van der Waals surface area contributed by atoms with Crippen LogP contribution in [0, 0.1) is 6.92 Å². The predicted octanol–water partition coefficient (Wildman–Crippen LogP) is 6.18. The van der Waals surface area contributed by atoms with Crippen LogP contribution in [-0.2, 0) is 9.53 Å². The molecule has 0 bridgehead atoms. The first-order chi connectivity index (χ1) is 18.9. The summed E-state index contributed by atoms with van der Waals surface area (Å²) in [4.78, 5) is 38.1. The second kappa shape index (κ2) is 12.7. The second-order valence-corrected chi connectivity index (χ2v) is 9.34. The molecule has 1 aromatic heterocycles. The molecule has 3 aromatic carbocycles. The summed E-state index contributed by atoms with van der Waals surface area (Å²) in [5.74, 6) is -0.271. The topological polar surface area (TPSA) is 103 Å². The van der Waals surface area contributed by atoms with E-state index in [-0.39, 0.29) is 19.1 Å². The summed E-state index contributed by atoms with van der Waals surface area (Å²) in [7, 11) is 1.54. The number of nitrogens with one attached hydrogen (secondary N) is 2. The Labute approximate surface area is 230 Å². The van der Waals surface area contributed by atoms with Gasteiger partial charge in [0.25, 0.3) is 11.8 Å². The fourth-order valence-electron chi connectivity index (χ4n) is 3.81. The molecule has 8 nitrogen and oxygen atoms in total. The van der Waals surface area contributed by atoms with Crippen molar-refractivity contribution >= 4 is 39.8 Å². The van der Waals surface area contributed by atoms with Crippen molar-refractivity contribution in [1.82, 2.24) is 0 Å². The number of anilines is 2. The zero-order valence-corrected chi connectivity index (χ0v) is 22.6. The highest BCUT2D eigenvalue weighted by Gasteiger charge is 2.23. The van der Waals surface area contributed by atoms with E-state index >= 15 is 0 Å². The number of rotatable bonds is 10. The van der Waals surface area contributed by atoms with Crippen molar-refractivity contribution in [3.05, 3.63) is 94.9 Å². The predicted molar refractivity (Wildman–Crippen MR) is 152 cm³/mol. The Balaban J connectivity index is 1.39. The zero-order chi connectivity index (χ0) is 27.8. The molecule has 0 aliphatic heterocycles. The Morgan fingerprint density at radius 2 is 1.67 bits per heavy atom. The van der Waals surface area contributed by atoms with Crippen LogP contribution in [0.4, 0.5) is 10.7 Å². The van der Waals surface area contributed by atoms with Crippen molar-refractivity contribution in [3.8, 4) is 22.6 Å². The van der Waals surface area contributed by atoms with E-state index in [1.165, 1.54) is 11.3 Å². The molecule has 4 aromatic rings. The van der Waals surface area contributed by atoms with E-state index in [1.54, 1.807) is 44.4 Å². The van der Waals surface area contributed by atoms with Crippen LogP contribution >= 0.6 is 11.3 Å². The van der Waals surface area contributed by atoms with E-state index in [0.29, 0.717) is 38.9 Å². The third kappa shape index (κ3) is 6.82. The van der Waals surface area contributed by atoms with Crippen LogP contribution in [0.5, 0.6) is 11.5 Å². The molecular formula is C30H28N2O6S. The number of aryl methyl sites for hydroxylation is 1. The van der Waals surface area contributed by atoms with E-state index in [0.717, 1.165) is 11.1 Å². The maximum atomic E-state index is 12.7. The molecule has 2 N–H and O–H groups in total. The minimum atomic E-state index is -0.508. The van der Waals surface area contributed by atoms with Crippen LogP contribution in [0.1, 0.15) is 33.2 Å². The highest BCUT2D eigenvalue weighted by atomic mass is 32.1. The standard InChI is InChI=1S/C30H28N2O6S/c1-4-37-30(35)27-23(20-8-6-5-7-9-20)18-39-29(27)32-26(33)17-38-22-13-11-21(12-14-22)28(34)31-24-16-19(2)10-15-25(24)36-3/h5-16,18H,4,17H2,1-3H3,(H,31,34)(H,32,33). The lowest BCUT2D eigenvalue weighted by Gasteiger charge is -2.12. The lowest BCUT2D eigenvalue weighted by molar-refractivity contribution is -0.118. The smallest absolute Gasteiger partial charge is 0.341 e. The Bertz CT molecular complexity index is 1460. The average molecular weight is 545 g/mol. The molecule has 0 aliphatic carbocycles. The molecule has 0 aliphatic rings. The first-order valence-electron chi connectivity index (χ1n) is 12.2. The molecular weight excluding hydrogens is 516 g/mol. The molecule has 9 heteroatoms. The highest BCUT2D eigenvalue weighted by Crippen LogP contribution is 2.36. The summed E-state index contributed by atoms with van der Waals surface area (Å²) >= 11 is 1.24. The minimum absolute atomic E-state index is 0.214. The molecule has 0 saturated carbocycles. The zero-order valence-electron chi connectivity index (χ0n) is 21.8. The van der Waals surface area contributed by atoms with E-state index in [9.17, 15) is 14.4 Å². The lowest BCUT2D eigenvalue weighted by Crippen LogP contribution is -2.21. The number of esters is 1. The Morgan fingerprint density at radius 1 is 0.923 bits per heavy atom. The molecule has 4 rings (SSSR count). The number of carbonyl (C=O) groups excluding carboxylic acids is 3. The van der Waals surface area contributed by atoms with Gasteiger partial charge in [-0.1, -0.05) is 36.4 Å². The average Bonchev–Trinajstić information content (AvgIpc) is 3.36. The van der Waals surface area contributed by atoms with Crippen LogP contribution in [0.3, 0.4) is 0 Å². The Kier molecular flexibility index (Phi) is 8.96. The maximum Gasteiger partial charge on any atom is 0.341 e. The summed E-state index contributed by atoms with van der Waals surface area (Å²) < 4.78 is 16.2. The molecule has 0 spiro atoms. The fraction of sp³-hybridized carbons (Fsp3) is 0.167. The van der Waals surface area contributed by atoms with Crippen LogP contribution < -0.4 is 20.1 Å². The number of thiophene rings is 1. The SMILES string of the molecule is CCOC(=O)c1c(-c2ccccc2)csc1NC(=O)COc1ccc(C(=O)Nc2cc(C)ccc2OC)cc1. The van der Waals surface area contributed by atoms with Gasteiger partial charge in [0.05, 0.1) is 19.4 Å². The van der Waals surface area contributed by atoms with Crippen molar-refractivity contribution in [1.29, 1.82) is 0 Å². The quantitative estimate of drug-likeness (QED) is 0.231. The van der Waals surface area contributed by atoms with Gasteiger partial charge in [-0.05, 0) is 61.4 Å². The first-order valence-corrected chi connectivity index (χ1v) is 13.1. The number of carbonyl (C=O) groups is 3. The summed E-state index contributed by atoms with van der Waals surface area (Å²) in [6, 6.07) is 21.4. The van der Waals surface area contributed by atoms with Gasteiger partial charge >= 0.3 is 5.97 Å². The van der Waals surface area contributed by atoms with Gasteiger partial charge in [0.15, 0.2) is 6.61 Å². The first kappa shape index (κ1) is 27.4. The third-order valence-electron chi connectivity index (χ3n) is 5.70. The van der Waals surface area contributed by atoms with E-state index in [2.05, 4.69) is 10.6 Å². The van der Waals surface area contributed by atoms with E-state index in [1.807, 2.05) is 54.8 Å². The second-order valence-electron chi connectivity index (χ2n) is 8.46. The monoisotopic (exact) mass is 544 g/mol. The van der Waals surface area contributed by atoms with Crippen LogP contribution in [-0.4, -0.2) is 38.1 Å². The van der Waals surface area contributed by atoms with Crippen molar-refractivity contribution in [3.63, 3.8) is 0 Å². The summed E-state index contributed by atoms with van der Waals surface area (Å²) in [5.41, 5.74) is 3.82. The van der Waals surface area contributed by atoms with Gasteiger partial charge in [-0.2, -0.15) is 0 Å². The van der Waals surface area contributed by atoms with E-state index < -0.39 is 11.9 Å². The van der Waals surface area contributed by atoms with Crippen LogP contribution in [0.25, 0.3) is 11.1 Å². The van der Waals surface area contributed by atoms with Crippen molar-refractivity contribution in [2.45, 2.75) is 13.8 Å². The normalized spacial score (nSPS) is 10.4. The summed E-state index contributed by atoms with van der Waals surface area (Å²) in [5, 5.41) is 7.81. The van der Waals surface area contributed by atoms with Crippen LogP contribution in [0.15, 0.2) is 78.2 Å². The van der Waals surface area contributed by atoms with Gasteiger partial charge in [-0.25, -0.2) is 4.79 Å². The van der Waals surface area contributed by atoms with Crippen molar-refractivity contribution < 1.29 is 28.6 Å². The number of ether oxygens (including phenoxy) is 3. The van der Waals surface area contributed by atoms with Gasteiger partial charge in [0.2, 0.25) is 0 Å². The Morgan fingerprint density at radius 3 is 2.36 bits per heavy atom. The molecule has 2 amide bonds. The molecule has 39 heavy (non-hydrogen) atoms. The van der Waals surface area contributed by atoms with Gasteiger partial charge in [-0.3, -0.25) is 9.59 Å². The van der Waals surface area contributed by atoms with Crippen LogP contribution in [0.2, 0.25) is 0 Å². The number of methoxy groups -OCH3 is 1. The molecule has 200 valence electrons. The molecule has 0 unspecified atom stereocenters. The van der Waals surface area contributed by atoms with E-state index in [4.69, 9.17) is 14.2 Å².